The molecule has 5 atom stereocenters. The first-order valence-electron chi connectivity index (χ1n) is 9.81. The number of rotatable bonds is 2. The Labute approximate surface area is 192 Å². The number of fused-ring (bicyclic) bond motifs is 3. The third-order valence-electron chi connectivity index (χ3n) is 6.67. The minimum Gasteiger partial charge on any atom is -0.508 e. The molecule has 0 bridgehead atoms. The van der Waals surface area contributed by atoms with Gasteiger partial charge in [-0.3, -0.25) is 19.3 Å². The van der Waals surface area contributed by atoms with Gasteiger partial charge < -0.3 is 31.3 Å². The summed E-state index contributed by atoms with van der Waals surface area (Å²) in [5.74, 6) is -9.18. The van der Waals surface area contributed by atoms with E-state index in [1.807, 2.05) is 0 Å². The standard InChI is InChI=1S/C22H21ClN2O8/c1-6-9-7(23)4-5-8(26)11(9)16(27)12-10(6)17(28)14-15(25(2)3)18(29)13(21(24)32)20(31)22(14,33)19(12)30/h4-5,10,14-15,17,26-28,31,33H,1H2,2-3H3,(H2,24,32)/t10?,14-,15-,17+,22+/m0/s1. The molecule has 11 heteroatoms. The minimum absolute atomic E-state index is 0.0516. The topological polar surface area (TPSA) is 182 Å². The zero-order valence-corrected chi connectivity index (χ0v) is 18.3. The number of carbonyl (C=O) groups is 3. The lowest BCUT2D eigenvalue weighted by Gasteiger charge is -2.52. The van der Waals surface area contributed by atoms with Gasteiger partial charge >= 0.3 is 0 Å². The van der Waals surface area contributed by atoms with E-state index in [0.29, 0.717) is 0 Å². The van der Waals surface area contributed by atoms with Gasteiger partial charge in [-0.1, -0.05) is 18.2 Å². The Hall–Kier alpha value is -3.18. The molecule has 1 fully saturated rings. The number of aromatic hydroxyl groups is 1. The molecule has 174 valence electrons. The van der Waals surface area contributed by atoms with Gasteiger partial charge in [0.05, 0.1) is 29.2 Å². The normalized spacial score (nSPS) is 31.5. The van der Waals surface area contributed by atoms with E-state index in [0.717, 1.165) is 0 Å². The van der Waals surface area contributed by atoms with Crippen molar-refractivity contribution < 1.29 is 39.9 Å². The Balaban J connectivity index is 2.10. The molecule has 0 heterocycles. The highest BCUT2D eigenvalue weighted by Gasteiger charge is 2.68. The molecule has 1 aromatic carbocycles. The largest absolute Gasteiger partial charge is 0.508 e. The van der Waals surface area contributed by atoms with Crippen LogP contribution in [0.1, 0.15) is 11.1 Å². The number of primary amides is 1. The number of benzene rings is 1. The van der Waals surface area contributed by atoms with Crippen LogP contribution in [0, 0.1) is 11.8 Å². The number of halogens is 1. The Morgan fingerprint density at radius 2 is 1.79 bits per heavy atom. The van der Waals surface area contributed by atoms with Gasteiger partial charge in [-0.25, -0.2) is 0 Å². The van der Waals surface area contributed by atoms with Crippen LogP contribution in [0.4, 0.5) is 0 Å². The molecule has 1 unspecified atom stereocenters. The number of aliphatic hydroxyl groups excluding tert-OH is 3. The third-order valence-corrected chi connectivity index (χ3v) is 6.99. The molecule has 0 radical (unpaired) electrons. The maximum atomic E-state index is 13.7. The summed E-state index contributed by atoms with van der Waals surface area (Å²) in [6.45, 7) is 3.89. The van der Waals surface area contributed by atoms with Crippen molar-refractivity contribution in [1.82, 2.24) is 4.90 Å². The Morgan fingerprint density at radius 3 is 2.33 bits per heavy atom. The maximum Gasteiger partial charge on any atom is 0.255 e. The number of ketones is 2. The fourth-order valence-corrected chi connectivity index (χ4v) is 5.54. The molecule has 3 aliphatic rings. The summed E-state index contributed by atoms with van der Waals surface area (Å²) in [4.78, 5) is 39.9. The summed E-state index contributed by atoms with van der Waals surface area (Å²) in [6.07, 6.45) is -1.75. The predicted molar refractivity (Wildman–Crippen MR) is 116 cm³/mol. The molecule has 3 aliphatic carbocycles. The van der Waals surface area contributed by atoms with Crippen LogP contribution in [0.15, 0.2) is 35.6 Å². The molecular formula is C22H21ClN2O8. The molecule has 0 aliphatic heterocycles. The van der Waals surface area contributed by atoms with Crippen LogP contribution < -0.4 is 5.73 Å². The quantitative estimate of drug-likeness (QED) is 0.321. The van der Waals surface area contributed by atoms with Gasteiger partial charge in [0.15, 0.2) is 11.4 Å². The van der Waals surface area contributed by atoms with E-state index in [1.165, 1.54) is 31.1 Å². The van der Waals surface area contributed by atoms with Gasteiger partial charge in [0.25, 0.3) is 5.91 Å². The highest BCUT2D eigenvalue weighted by Crippen LogP contribution is 2.56. The van der Waals surface area contributed by atoms with Crippen molar-refractivity contribution in [3.63, 3.8) is 0 Å². The van der Waals surface area contributed by atoms with Crippen LogP contribution >= 0.6 is 11.6 Å². The summed E-state index contributed by atoms with van der Waals surface area (Å²) < 4.78 is 0. The molecule has 4 rings (SSSR count). The molecule has 10 nitrogen and oxygen atoms in total. The van der Waals surface area contributed by atoms with Gasteiger partial charge in [0.1, 0.15) is 22.8 Å². The average Bonchev–Trinajstić information content (AvgIpc) is 2.72. The van der Waals surface area contributed by atoms with Crippen molar-refractivity contribution in [3.8, 4) is 5.75 Å². The third kappa shape index (κ3) is 2.69. The van der Waals surface area contributed by atoms with Gasteiger partial charge in [0, 0.05) is 16.5 Å². The first-order valence-corrected chi connectivity index (χ1v) is 10.2. The fourth-order valence-electron chi connectivity index (χ4n) is 5.26. The van der Waals surface area contributed by atoms with Crippen molar-refractivity contribution in [2.45, 2.75) is 17.7 Å². The number of aliphatic hydroxyl groups is 4. The van der Waals surface area contributed by atoms with Gasteiger partial charge in [-0.15, -0.1) is 0 Å². The molecule has 33 heavy (non-hydrogen) atoms. The highest BCUT2D eigenvalue weighted by atomic mass is 35.5. The number of nitrogens with zero attached hydrogens (tertiary/aromatic N) is 1. The zero-order chi connectivity index (χ0) is 24.7. The van der Waals surface area contributed by atoms with Crippen LogP contribution in [0.2, 0.25) is 5.02 Å². The van der Waals surface area contributed by atoms with E-state index >= 15 is 0 Å². The first kappa shape index (κ1) is 23.0. The number of hydrogen-bond acceptors (Lipinski definition) is 9. The molecule has 1 aromatic rings. The fraction of sp³-hybridized carbons (Fsp3) is 0.318. The summed E-state index contributed by atoms with van der Waals surface area (Å²) in [5, 5.41) is 55.0. The van der Waals surface area contributed by atoms with Crippen molar-refractivity contribution in [2.24, 2.45) is 17.6 Å². The van der Waals surface area contributed by atoms with Crippen LogP contribution in [0.3, 0.4) is 0 Å². The lowest BCUT2D eigenvalue weighted by Crippen LogP contribution is -2.70. The second-order valence-electron chi connectivity index (χ2n) is 8.55. The number of nitrogens with two attached hydrogens (primary N) is 1. The minimum atomic E-state index is -2.97. The lowest BCUT2D eigenvalue weighted by molar-refractivity contribution is -0.166. The number of phenols is 1. The highest BCUT2D eigenvalue weighted by molar-refractivity contribution is 6.33. The molecule has 0 aromatic heterocycles. The Morgan fingerprint density at radius 1 is 1.18 bits per heavy atom. The molecule has 1 amide bonds. The zero-order valence-electron chi connectivity index (χ0n) is 17.5. The number of Topliss-reactive ketones (excluding diaryl/α,β-unsaturated/α-hetero) is 2. The number of carbonyl (C=O) groups excluding carboxylic acids is 3. The summed E-state index contributed by atoms with van der Waals surface area (Å²) in [7, 11) is 2.84. The number of amides is 1. The van der Waals surface area contributed by atoms with Crippen molar-refractivity contribution in [3.05, 3.63) is 51.8 Å². The second kappa shape index (κ2) is 7.16. The summed E-state index contributed by atoms with van der Waals surface area (Å²) in [5.41, 5.74) is 0.634. The smallest absolute Gasteiger partial charge is 0.255 e. The summed E-state index contributed by atoms with van der Waals surface area (Å²) >= 11 is 6.25. The summed E-state index contributed by atoms with van der Waals surface area (Å²) in [6, 6.07) is 1.08. The predicted octanol–water partition coefficient (Wildman–Crippen LogP) is 0.0589. The van der Waals surface area contributed by atoms with E-state index in [1.54, 1.807) is 0 Å². The number of phenolic OH excluding ortho intramolecular Hbond substituents is 1. The van der Waals surface area contributed by atoms with E-state index in [9.17, 15) is 39.9 Å². The molecule has 0 saturated heterocycles. The maximum absolute atomic E-state index is 13.7. The number of likely N-dealkylation sites (N-methyl/N-ethyl adjacent to an activating group) is 1. The molecule has 7 N–H and O–H groups in total. The van der Waals surface area contributed by atoms with Gasteiger partial charge in [0.2, 0.25) is 5.78 Å². The molecular weight excluding hydrogens is 456 g/mol. The first-order chi connectivity index (χ1) is 15.3. The van der Waals surface area contributed by atoms with Crippen LogP contribution in [-0.4, -0.2) is 79.7 Å². The van der Waals surface area contributed by atoms with Gasteiger partial charge in [-0.05, 0) is 31.8 Å². The van der Waals surface area contributed by atoms with E-state index in [4.69, 9.17) is 17.3 Å². The van der Waals surface area contributed by atoms with E-state index in [-0.39, 0.29) is 21.7 Å². The van der Waals surface area contributed by atoms with Crippen LogP contribution in [-0.2, 0) is 14.4 Å². The van der Waals surface area contributed by atoms with E-state index < -0.39 is 75.5 Å². The Kier molecular flexibility index (Phi) is 4.99. The SMILES string of the molecule is C=C1c2c(Cl)ccc(O)c2C(O)=C2C(=O)[C@@]3(O)C(O)=C(C(N)=O)C(=O)[C@@H](N(C)C)[C@H]3[C@H](O)C12. The van der Waals surface area contributed by atoms with Crippen molar-refractivity contribution >= 4 is 40.4 Å². The van der Waals surface area contributed by atoms with Crippen LogP contribution in [0.25, 0.3) is 11.3 Å². The van der Waals surface area contributed by atoms with E-state index in [2.05, 4.69) is 6.58 Å². The lowest BCUT2D eigenvalue weighted by atomic mass is 9.55. The average molecular weight is 477 g/mol. The van der Waals surface area contributed by atoms with Crippen LogP contribution in [0.5, 0.6) is 5.75 Å². The Bertz CT molecular complexity index is 1230. The number of hydrogen-bond donors (Lipinski definition) is 6. The van der Waals surface area contributed by atoms with Gasteiger partial charge in [-0.2, -0.15) is 0 Å². The molecule has 1 saturated carbocycles. The van der Waals surface area contributed by atoms with Crippen molar-refractivity contribution in [1.29, 1.82) is 0 Å². The second-order valence-corrected chi connectivity index (χ2v) is 8.96. The van der Waals surface area contributed by atoms with Crippen molar-refractivity contribution in [2.75, 3.05) is 14.1 Å². The monoisotopic (exact) mass is 476 g/mol. The molecule has 0 spiro atoms.